The normalized spacial score (nSPS) is 19.6. The Hall–Kier alpha value is -1.08. The van der Waals surface area contributed by atoms with Crippen molar-refractivity contribution in [1.29, 1.82) is 0 Å². The second-order valence-corrected chi connectivity index (χ2v) is 7.34. The number of thioether (sulfide) groups is 1. The van der Waals surface area contributed by atoms with E-state index in [1.54, 1.807) is 11.8 Å². The van der Waals surface area contributed by atoms with E-state index in [-0.39, 0.29) is 23.0 Å². The molecule has 0 bridgehead atoms. The molecular weight excluding hydrogens is 302 g/mol. The first-order chi connectivity index (χ1) is 10.5. The standard InChI is InChI=1S/C15H27N3O3S/c1-3-7-11(2)22-12-10-14(20)18(15(12)21)9-6-4-5-8-13(19)17-16/h11-12H,3-10,16H2,1-2H3,(H,17,19). The fourth-order valence-corrected chi connectivity index (χ4v) is 3.97. The van der Waals surface area contributed by atoms with Crippen LogP contribution in [0.2, 0.25) is 0 Å². The first-order valence-electron chi connectivity index (χ1n) is 7.98. The van der Waals surface area contributed by atoms with Gasteiger partial charge in [0.15, 0.2) is 0 Å². The van der Waals surface area contributed by atoms with Gasteiger partial charge in [-0.25, -0.2) is 5.84 Å². The number of hydrogen-bond acceptors (Lipinski definition) is 5. The Morgan fingerprint density at radius 2 is 2.14 bits per heavy atom. The zero-order valence-electron chi connectivity index (χ0n) is 13.5. The topological polar surface area (TPSA) is 92.5 Å². The van der Waals surface area contributed by atoms with E-state index in [1.165, 1.54) is 4.90 Å². The summed E-state index contributed by atoms with van der Waals surface area (Å²) in [6.07, 6.45) is 5.10. The molecule has 1 saturated heterocycles. The molecular formula is C15H27N3O3S. The Morgan fingerprint density at radius 1 is 1.41 bits per heavy atom. The van der Waals surface area contributed by atoms with Gasteiger partial charge < -0.3 is 0 Å². The molecule has 1 aliphatic heterocycles. The van der Waals surface area contributed by atoms with Crippen molar-refractivity contribution < 1.29 is 14.4 Å². The van der Waals surface area contributed by atoms with E-state index in [9.17, 15) is 14.4 Å². The molecule has 0 spiro atoms. The smallest absolute Gasteiger partial charge is 0.242 e. The van der Waals surface area contributed by atoms with E-state index in [4.69, 9.17) is 5.84 Å². The van der Waals surface area contributed by atoms with Gasteiger partial charge in [0.05, 0.1) is 5.25 Å². The second kappa shape index (κ2) is 9.84. The van der Waals surface area contributed by atoms with Crippen molar-refractivity contribution in [2.45, 2.75) is 69.3 Å². The summed E-state index contributed by atoms with van der Waals surface area (Å²) in [5, 5.41) is 0.193. The highest BCUT2D eigenvalue weighted by atomic mass is 32.2. The van der Waals surface area contributed by atoms with Crippen LogP contribution in [0.4, 0.5) is 0 Å². The summed E-state index contributed by atoms with van der Waals surface area (Å²) in [4.78, 5) is 36.6. The van der Waals surface area contributed by atoms with Crippen molar-refractivity contribution in [3.05, 3.63) is 0 Å². The van der Waals surface area contributed by atoms with E-state index < -0.39 is 0 Å². The Morgan fingerprint density at radius 3 is 2.77 bits per heavy atom. The van der Waals surface area contributed by atoms with E-state index in [2.05, 4.69) is 19.3 Å². The molecule has 0 aromatic heterocycles. The van der Waals surface area contributed by atoms with Crippen molar-refractivity contribution in [3.63, 3.8) is 0 Å². The van der Waals surface area contributed by atoms with Crippen LogP contribution in [0.3, 0.4) is 0 Å². The number of imide groups is 1. The zero-order valence-corrected chi connectivity index (χ0v) is 14.3. The fraction of sp³-hybridized carbons (Fsp3) is 0.800. The first kappa shape index (κ1) is 19.0. The molecule has 6 nitrogen and oxygen atoms in total. The lowest BCUT2D eigenvalue weighted by molar-refractivity contribution is -0.138. The third-order valence-corrected chi connectivity index (χ3v) is 5.14. The van der Waals surface area contributed by atoms with Gasteiger partial charge in [0, 0.05) is 24.6 Å². The molecule has 0 saturated carbocycles. The number of hydrazine groups is 1. The highest BCUT2D eigenvalue weighted by Crippen LogP contribution is 2.30. The SMILES string of the molecule is CCCC(C)SC1CC(=O)N(CCCCCC(=O)NN)C1=O. The van der Waals surface area contributed by atoms with Gasteiger partial charge in [0.2, 0.25) is 17.7 Å². The number of hydrogen-bond donors (Lipinski definition) is 2. The number of nitrogens with one attached hydrogen (secondary N) is 1. The minimum atomic E-state index is -0.211. The van der Waals surface area contributed by atoms with E-state index >= 15 is 0 Å². The van der Waals surface area contributed by atoms with Crippen molar-refractivity contribution in [1.82, 2.24) is 10.3 Å². The van der Waals surface area contributed by atoms with Gasteiger partial charge >= 0.3 is 0 Å². The summed E-state index contributed by atoms with van der Waals surface area (Å²) in [5.41, 5.74) is 2.08. The van der Waals surface area contributed by atoms with Gasteiger partial charge in [-0.2, -0.15) is 0 Å². The van der Waals surface area contributed by atoms with Crippen LogP contribution in [0.5, 0.6) is 0 Å². The van der Waals surface area contributed by atoms with Gasteiger partial charge in [-0.05, 0) is 19.3 Å². The lowest BCUT2D eigenvalue weighted by Crippen LogP contribution is -2.32. The van der Waals surface area contributed by atoms with E-state index in [0.717, 1.165) is 25.7 Å². The third-order valence-electron chi connectivity index (χ3n) is 3.74. The fourth-order valence-electron chi connectivity index (χ4n) is 2.55. The number of likely N-dealkylation sites (tertiary alicyclic amines) is 1. The quantitative estimate of drug-likeness (QED) is 0.209. The summed E-state index contributed by atoms with van der Waals surface area (Å²) in [5.74, 6) is 4.71. The Labute approximate surface area is 136 Å². The summed E-state index contributed by atoms with van der Waals surface area (Å²) in [6, 6.07) is 0. The minimum absolute atomic E-state index is 0.0438. The molecule has 7 heteroatoms. The summed E-state index contributed by atoms with van der Waals surface area (Å²) < 4.78 is 0. The summed E-state index contributed by atoms with van der Waals surface area (Å²) in [7, 11) is 0. The van der Waals surface area contributed by atoms with Crippen molar-refractivity contribution in [3.8, 4) is 0 Å². The monoisotopic (exact) mass is 329 g/mol. The molecule has 1 rings (SSSR count). The number of carbonyl (C=O) groups is 3. The van der Waals surface area contributed by atoms with E-state index in [1.807, 2.05) is 0 Å². The second-order valence-electron chi connectivity index (χ2n) is 5.69. The molecule has 2 atom stereocenters. The van der Waals surface area contributed by atoms with Gasteiger partial charge in [-0.1, -0.05) is 26.7 Å². The average molecular weight is 329 g/mol. The maximum Gasteiger partial charge on any atom is 0.242 e. The lowest BCUT2D eigenvalue weighted by Gasteiger charge is -2.16. The van der Waals surface area contributed by atoms with Crippen LogP contribution >= 0.6 is 11.8 Å². The van der Waals surface area contributed by atoms with Crippen LogP contribution in [0, 0.1) is 0 Å². The summed E-state index contributed by atoms with van der Waals surface area (Å²) >= 11 is 1.62. The van der Waals surface area contributed by atoms with Crippen molar-refractivity contribution in [2.24, 2.45) is 5.84 Å². The molecule has 1 aliphatic rings. The van der Waals surface area contributed by atoms with Gasteiger partial charge in [0.25, 0.3) is 0 Å². The molecule has 3 N–H and O–H groups in total. The van der Waals surface area contributed by atoms with Crippen molar-refractivity contribution in [2.75, 3.05) is 6.54 Å². The number of carbonyl (C=O) groups excluding carboxylic acids is 3. The zero-order chi connectivity index (χ0) is 16.5. The molecule has 0 aromatic rings. The molecule has 2 unspecified atom stereocenters. The van der Waals surface area contributed by atoms with Crippen LogP contribution < -0.4 is 11.3 Å². The largest absolute Gasteiger partial charge is 0.294 e. The predicted molar refractivity (Wildman–Crippen MR) is 87.9 cm³/mol. The first-order valence-corrected chi connectivity index (χ1v) is 8.93. The summed E-state index contributed by atoms with van der Waals surface area (Å²) in [6.45, 7) is 4.69. The Balaban J connectivity index is 2.31. The predicted octanol–water partition coefficient (Wildman–Crippen LogP) is 1.59. The Kier molecular flexibility index (Phi) is 8.48. The minimum Gasteiger partial charge on any atom is -0.294 e. The molecule has 1 heterocycles. The van der Waals surface area contributed by atoms with Gasteiger partial charge in [-0.3, -0.25) is 24.7 Å². The molecule has 22 heavy (non-hydrogen) atoms. The average Bonchev–Trinajstić information content (AvgIpc) is 2.73. The van der Waals surface area contributed by atoms with Crippen molar-refractivity contribution >= 4 is 29.5 Å². The lowest BCUT2D eigenvalue weighted by atomic mass is 10.2. The molecule has 0 aliphatic carbocycles. The number of amides is 3. The van der Waals surface area contributed by atoms with Crippen LogP contribution in [0.1, 0.15) is 58.8 Å². The molecule has 0 aromatic carbocycles. The van der Waals surface area contributed by atoms with Gasteiger partial charge in [-0.15, -0.1) is 11.8 Å². The third kappa shape index (κ3) is 5.96. The Bertz CT molecular complexity index is 403. The van der Waals surface area contributed by atoms with E-state index in [0.29, 0.717) is 31.1 Å². The highest BCUT2D eigenvalue weighted by Gasteiger charge is 2.38. The molecule has 0 radical (unpaired) electrons. The number of nitrogens with two attached hydrogens (primary N) is 1. The maximum atomic E-state index is 12.3. The van der Waals surface area contributed by atoms with Gasteiger partial charge in [0.1, 0.15) is 0 Å². The molecule has 126 valence electrons. The van der Waals surface area contributed by atoms with Crippen LogP contribution in [-0.2, 0) is 14.4 Å². The number of unbranched alkanes of at least 4 members (excludes halogenated alkanes) is 2. The van der Waals surface area contributed by atoms with Crippen LogP contribution in [0.15, 0.2) is 0 Å². The number of nitrogens with zero attached hydrogens (tertiary/aromatic N) is 1. The highest BCUT2D eigenvalue weighted by molar-refractivity contribution is 8.01. The van der Waals surface area contributed by atoms with Crippen LogP contribution in [0.25, 0.3) is 0 Å². The van der Waals surface area contributed by atoms with Crippen LogP contribution in [-0.4, -0.2) is 39.7 Å². The molecule has 1 fully saturated rings. The molecule has 3 amide bonds. The number of rotatable bonds is 10. The maximum absolute atomic E-state index is 12.3.